The minimum Gasteiger partial charge on any atom is -0.299 e. The molecule has 0 heterocycles. The Labute approximate surface area is 86.6 Å². The molecule has 2 atom stereocenters. The fourth-order valence-corrected chi connectivity index (χ4v) is 3.26. The highest BCUT2D eigenvalue weighted by Crippen LogP contribution is 2.51. The molecule has 0 radical (unpaired) electrons. The van der Waals surface area contributed by atoms with Gasteiger partial charge in [0, 0.05) is 0 Å². The summed E-state index contributed by atoms with van der Waals surface area (Å²) in [5, 5.41) is 0. The fraction of sp³-hybridized carbons (Fsp3) is 0.769. The Bertz CT molecular complexity index is 254. The summed E-state index contributed by atoms with van der Waals surface area (Å²) in [5.41, 5.74) is 1.99. The van der Waals surface area contributed by atoms with Crippen molar-refractivity contribution < 1.29 is 4.79 Å². The van der Waals surface area contributed by atoms with Crippen LogP contribution in [0.2, 0.25) is 0 Å². The highest BCUT2D eigenvalue weighted by molar-refractivity contribution is 5.66. The summed E-state index contributed by atoms with van der Waals surface area (Å²) in [6.45, 7) is 2.45. The number of hydrogen-bond acceptors (Lipinski definition) is 1. The van der Waals surface area contributed by atoms with E-state index in [0.717, 1.165) is 18.6 Å². The molecule has 0 aromatic heterocycles. The second-order valence-corrected chi connectivity index (χ2v) is 5.26. The summed E-state index contributed by atoms with van der Waals surface area (Å²) < 4.78 is 0. The van der Waals surface area contributed by atoms with Gasteiger partial charge in [0.2, 0.25) is 0 Å². The second-order valence-electron chi connectivity index (χ2n) is 5.26. The third kappa shape index (κ3) is 1.77. The van der Waals surface area contributed by atoms with Gasteiger partial charge in [-0.3, -0.25) is 4.79 Å². The van der Waals surface area contributed by atoms with E-state index in [4.69, 9.17) is 0 Å². The largest absolute Gasteiger partial charge is 0.299 e. The Balaban J connectivity index is 2.09. The molecule has 0 bridgehead atoms. The number of rotatable bonds is 1. The number of allylic oxidation sites excluding steroid dienone is 2. The standard InChI is InChI=1S/C13H20O/c1-13-7-3-2-4-12(13)10-11(5-8-13)6-9-14/h6,9,12H,2-5,7-8,10H2,1H3/b11-6+/t12-,13+/m0/s1. The van der Waals surface area contributed by atoms with E-state index in [9.17, 15) is 4.79 Å². The van der Waals surface area contributed by atoms with Crippen LogP contribution in [0.25, 0.3) is 0 Å². The van der Waals surface area contributed by atoms with E-state index in [2.05, 4.69) is 6.92 Å². The average molecular weight is 192 g/mol. The van der Waals surface area contributed by atoms with Crippen LogP contribution in [0, 0.1) is 11.3 Å². The molecule has 0 aromatic carbocycles. The molecule has 2 saturated carbocycles. The van der Waals surface area contributed by atoms with E-state index in [0.29, 0.717) is 5.41 Å². The molecule has 78 valence electrons. The highest BCUT2D eigenvalue weighted by atomic mass is 16.1. The summed E-state index contributed by atoms with van der Waals surface area (Å²) in [7, 11) is 0. The molecule has 1 nitrogen and oxygen atoms in total. The minimum atomic E-state index is 0.596. The van der Waals surface area contributed by atoms with E-state index in [1.54, 1.807) is 6.08 Å². The lowest BCUT2D eigenvalue weighted by atomic mass is 9.59. The first-order valence-corrected chi connectivity index (χ1v) is 5.88. The lowest BCUT2D eigenvalue weighted by Crippen LogP contribution is -2.34. The van der Waals surface area contributed by atoms with E-state index in [1.165, 1.54) is 44.1 Å². The normalized spacial score (nSPS) is 40.6. The van der Waals surface area contributed by atoms with Gasteiger partial charge in [-0.25, -0.2) is 0 Å². The van der Waals surface area contributed by atoms with E-state index >= 15 is 0 Å². The summed E-state index contributed by atoms with van der Waals surface area (Å²) in [5.74, 6) is 0.858. The molecule has 1 heteroatoms. The molecular formula is C13H20O. The van der Waals surface area contributed by atoms with Crippen LogP contribution in [0.3, 0.4) is 0 Å². The molecule has 2 rings (SSSR count). The molecule has 0 spiro atoms. The van der Waals surface area contributed by atoms with Crippen molar-refractivity contribution in [1.82, 2.24) is 0 Å². The van der Waals surface area contributed by atoms with Gasteiger partial charge in [-0.1, -0.05) is 25.3 Å². The third-order valence-electron chi connectivity index (χ3n) is 4.37. The van der Waals surface area contributed by atoms with Gasteiger partial charge in [-0.15, -0.1) is 0 Å². The Morgan fingerprint density at radius 2 is 2.21 bits per heavy atom. The Hall–Kier alpha value is -0.590. The van der Waals surface area contributed by atoms with Crippen LogP contribution in [0.15, 0.2) is 11.6 Å². The van der Waals surface area contributed by atoms with E-state index < -0.39 is 0 Å². The zero-order chi connectivity index (χ0) is 10.0. The number of hydrogen-bond donors (Lipinski definition) is 0. The first kappa shape index (κ1) is 9.95. The van der Waals surface area contributed by atoms with Crippen molar-refractivity contribution in [2.24, 2.45) is 11.3 Å². The molecule has 0 saturated heterocycles. The third-order valence-corrected chi connectivity index (χ3v) is 4.37. The molecule has 0 amide bonds. The van der Waals surface area contributed by atoms with Crippen molar-refractivity contribution in [2.45, 2.75) is 51.9 Å². The van der Waals surface area contributed by atoms with E-state index in [-0.39, 0.29) is 0 Å². The lowest BCUT2D eigenvalue weighted by molar-refractivity contribution is -0.104. The quantitative estimate of drug-likeness (QED) is 0.459. The number of carbonyl (C=O) groups is 1. The van der Waals surface area contributed by atoms with Crippen molar-refractivity contribution >= 4 is 6.29 Å². The van der Waals surface area contributed by atoms with Crippen LogP contribution in [0.4, 0.5) is 0 Å². The maximum Gasteiger partial charge on any atom is 0.142 e. The smallest absolute Gasteiger partial charge is 0.142 e. The van der Waals surface area contributed by atoms with Gasteiger partial charge in [-0.05, 0) is 49.5 Å². The zero-order valence-electron chi connectivity index (χ0n) is 9.09. The van der Waals surface area contributed by atoms with E-state index in [1.807, 2.05) is 0 Å². The molecule has 0 aromatic rings. The van der Waals surface area contributed by atoms with Crippen LogP contribution in [0.1, 0.15) is 51.9 Å². The van der Waals surface area contributed by atoms with Gasteiger partial charge in [0.15, 0.2) is 0 Å². The molecule has 0 unspecified atom stereocenters. The Morgan fingerprint density at radius 1 is 1.36 bits per heavy atom. The summed E-state index contributed by atoms with van der Waals surface area (Å²) in [6.07, 6.45) is 12.0. The van der Waals surface area contributed by atoms with Crippen molar-refractivity contribution in [3.8, 4) is 0 Å². The monoisotopic (exact) mass is 192 g/mol. The van der Waals surface area contributed by atoms with Gasteiger partial charge in [0.1, 0.15) is 6.29 Å². The van der Waals surface area contributed by atoms with Crippen LogP contribution in [-0.2, 0) is 4.79 Å². The Kier molecular flexibility index (Phi) is 2.76. The predicted octanol–water partition coefficient (Wildman–Crippen LogP) is 3.49. The molecule has 2 aliphatic rings. The maximum absolute atomic E-state index is 10.4. The lowest BCUT2D eigenvalue weighted by Gasteiger charge is -2.46. The van der Waals surface area contributed by atoms with Crippen LogP contribution in [0.5, 0.6) is 0 Å². The van der Waals surface area contributed by atoms with Gasteiger partial charge in [0.05, 0.1) is 0 Å². The topological polar surface area (TPSA) is 17.1 Å². The molecule has 0 N–H and O–H groups in total. The number of aldehydes is 1. The second kappa shape index (κ2) is 3.88. The van der Waals surface area contributed by atoms with Crippen molar-refractivity contribution in [1.29, 1.82) is 0 Å². The first-order valence-electron chi connectivity index (χ1n) is 5.88. The summed E-state index contributed by atoms with van der Waals surface area (Å²) in [6, 6.07) is 0. The van der Waals surface area contributed by atoms with Gasteiger partial charge in [-0.2, -0.15) is 0 Å². The van der Waals surface area contributed by atoms with Crippen molar-refractivity contribution in [3.05, 3.63) is 11.6 Å². The number of carbonyl (C=O) groups excluding carboxylic acids is 1. The minimum absolute atomic E-state index is 0.596. The summed E-state index contributed by atoms with van der Waals surface area (Å²) in [4.78, 5) is 10.4. The van der Waals surface area contributed by atoms with Gasteiger partial charge < -0.3 is 0 Å². The highest BCUT2D eigenvalue weighted by Gasteiger charge is 2.39. The van der Waals surface area contributed by atoms with Crippen LogP contribution >= 0.6 is 0 Å². The summed E-state index contributed by atoms with van der Waals surface area (Å²) >= 11 is 0. The van der Waals surface area contributed by atoms with Gasteiger partial charge >= 0.3 is 0 Å². The molecular weight excluding hydrogens is 172 g/mol. The van der Waals surface area contributed by atoms with Crippen molar-refractivity contribution in [3.63, 3.8) is 0 Å². The predicted molar refractivity (Wildman–Crippen MR) is 58.1 cm³/mol. The van der Waals surface area contributed by atoms with Crippen molar-refractivity contribution in [2.75, 3.05) is 0 Å². The molecule has 14 heavy (non-hydrogen) atoms. The fourth-order valence-electron chi connectivity index (χ4n) is 3.26. The SMILES string of the molecule is C[C@]12CCCC[C@H]1C/C(=C/C=O)CC2. The molecule has 0 aliphatic heterocycles. The molecule has 2 aliphatic carbocycles. The average Bonchev–Trinajstić information content (AvgIpc) is 2.19. The Morgan fingerprint density at radius 3 is 3.00 bits per heavy atom. The first-order chi connectivity index (χ1) is 6.74. The van der Waals surface area contributed by atoms with Gasteiger partial charge in [0.25, 0.3) is 0 Å². The molecule has 2 fully saturated rings. The van der Waals surface area contributed by atoms with Crippen LogP contribution < -0.4 is 0 Å². The number of fused-ring (bicyclic) bond motifs is 1. The maximum atomic E-state index is 10.4. The zero-order valence-corrected chi connectivity index (χ0v) is 9.09. The van der Waals surface area contributed by atoms with Crippen LogP contribution in [-0.4, -0.2) is 6.29 Å².